The fourth-order valence-electron chi connectivity index (χ4n) is 4.23. The fraction of sp³-hybridized carbons (Fsp3) is 0.455. The molecule has 1 fully saturated rings. The minimum Gasteiger partial charge on any atom is -0.382 e. The lowest BCUT2D eigenvalue weighted by Gasteiger charge is -2.10. The van der Waals surface area contributed by atoms with Crippen LogP contribution in [0.1, 0.15) is 45.5 Å². The van der Waals surface area contributed by atoms with E-state index in [-0.39, 0.29) is 12.0 Å². The number of likely N-dealkylation sites (tertiary alicyclic amines) is 1. The molecular weight excluding hydrogens is 390 g/mol. The van der Waals surface area contributed by atoms with Gasteiger partial charge in [-0.1, -0.05) is 6.92 Å². The number of nitrogens with zero attached hydrogens (tertiary/aromatic N) is 7. The van der Waals surface area contributed by atoms with Gasteiger partial charge in [0.25, 0.3) is 0 Å². The van der Waals surface area contributed by atoms with Gasteiger partial charge >= 0.3 is 0 Å². The van der Waals surface area contributed by atoms with Crippen LogP contribution in [0.15, 0.2) is 24.4 Å². The molecule has 0 bridgehead atoms. The predicted octanol–water partition coefficient (Wildman–Crippen LogP) is 3.30. The molecule has 0 amide bonds. The van der Waals surface area contributed by atoms with Crippen molar-refractivity contribution in [3.63, 3.8) is 0 Å². The molecule has 0 atom stereocenters. The predicted molar refractivity (Wildman–Crippen MR) is 125 cm³/mol. The Balaban J connectivity index is 0.000000282. The largest absolute Gasteiger partial charge is 0.382 e. The Morgan fingerprint density at radius 3 is 2.42 bits per heavy atom. The number of nitrogen functional groups attached to an aromatic ring is 2. The Morgan fingerprint density at radius 2 is 1.77 bits per heavy atom. The number of aromatic nitrogens is 6. The highest BCUT2D eigenvalue weighted by Gasteiger charge is 2.16. The zero-order valence-electron chi connectivity index (χ0n) is 18.7. The number of nitrogens with two attached hydrogens (primary N) is 2. The number of aryl methyl sites for hydroxylation is 1. The highest BCUT2D eigenvalue weighted by Crippen LogP contribution is 2.29. The third-order valence-electron chi connectivity index (χ3n) is 5.71. The number of anilines is 2. The Kier molecular flexibility index (Phi) is 5.77. The molecule has 0 saturated carbocycles. The van der Waals surface area contributed by atoms with E-state index in [1.165, 1.54) is 32.5 Å². The summed E-state index contributed by atoms with van der Waals surface area (Å²) >= 11 is 0. The summed E-state index contributed by atoms with van der Waals surface area (Å²) in [5.74, 6) is 1.42. The summed E-state index contributed by atoms with van der Waals surface area (Å²) in [7, 11) is 0. The Bertz CT molecular complexity index is 1200. The van der Waals surface area contributed by atoms with Crippen molar-refractivity contribution in [2.75, 3.05) is 31.1 Å². The van der Waals surface area contributed by atoms with Gasteiger partial charge in [-0.25, -0.2) is 14.5 Å². The van der Waals surface area contributed by atoms with E-state index in [2.05, 4.69) is 45.3 Å². The van der Waals surface area contributed by atoms with Crippen LogP contribution < -0.4 is 11.5 Å². The van der Waals surface area contributed by atoms with Crippen molar-refractivity contribution in [3.8, 4) is 11.3 Å². The zero-order chi connectivity index (χ0) is 22.1. The molecule has 9 heteroatoms. The Labute approximate surface area is 182 Å². The summed E-state index contributed by atoms with van der Waals surface area (Å²) in [6.07, 6.45) is 4.65. The van der Waals surface area contributed by atoms with Gasteiger partial charge in [-0.3, -0.25) is 0 Å². The van der Waals surface area contributed by atoms with Gasteiger partial charge in [-0.05, 0) is 71.4 Å². The average Bonchev–Trinajstić information content (AvgIpc) is 3.45. The first kappa shape index (κ1) is 21.0. The molecule has 31 heavy (non-hydrogen) atoms. The minimum absolute atomic E-state index is 0.138. The molecule has 9 nitrogen and oxygen atoms in total. The first-order valence-corrected chi connectivity index (χ1v) is 10.9. The summed E-state index contributed by atoms with van der Waals surface area (Å²) < 4.78 is 3.75. The second-order valence-corrected chi connectivity index (χ2v) is 8.18. The van der Waals surface area contributed by atoms with Gasteiger partial charge in [-0.2, -0.15) is 4.98 Å². The normalized spacial score (nSPS) is 14.5. The van der Waals surface area contributed by atoms with E-state index in [1.807, 2.05) is 25.1 Å². The highest BCUT2D eigenvalue weighted by atomic mass is 15.3. The maximum absolute atomic E-state index is 6.04. The van der Waals surface area contributed by atoms with E-state index in [0.717, 1.165) is 28.2 Å². The lowest BCUT2D eigenvalue weighted by atomic mass is 10.2. The number of pyridine rings is 1. The van der Waals surface area contributed by atoms with Crippen molar-refractivity contribution < 1.29 is 0 Å². The number of fused-ring (bicyclic) bond motifs is 2. The second-order valence-electron chi connectivity index (χ2n) is 8.18. The molecule has 0 aliphatic carbocycles. The molecule has 4 aromatic heterocycles. The molecule has 5 rings (SSSR count). The van der Waals surface area contributed by atoms with Crippen molar-refractivity contribution in [2.24, 2.45) is 0 Å². The number of imidazole rings is 1. The maximum Gasteiger partial charge on any atom is 0.240 e. The standard InChI is InChI=1S/C16H18N8.C6H13N/c1-8(2)24-9(3)19-12-5-4-11(20-15(12)24)10-6-7-23-13(10)14(17)21-16(18)22-23;1-2-7-5-3-4-6-7/h4-8H,1-3H3,(H4,17,18,21,22);2-6H2,1H3. The molecule has 0 spiro atoms. The maximum atomic E-state index is 6.04. The van der Waals surface area contributed by atoms with Crippen LogP contribution in [0, 0.1) is 6.92 Å². The minimum atomic E-state index is 0.138. The molecule has 0 radical (unpaired) electrons. The fourth-order valence-corrected chi connectivity index (χ4v) is 4.23. The summed E-state index contributed by atoms with van der Waals surface area (Å²) in [6.45, 7) is 12.4. The first-order chi connectivity index (χ1) is 14.9. The molecule has 0 aromatic carbocycles. The van der Waals surface area contributed by atoms with Gasteiger partial charge in [0, 0.05) is 17.8 Å². The molecule has 0 unspecified atom stereocenters. The van der Waals surface area contributed by atoms with Crippen molar-refractivity contribution in [1.29, 1.82) is 0 Å². The molecule has 164 valence electrons. The lowest BCUT2D eigenvalue weighted by Crippen LogP contribution is -2.17. The third-order valence-corrected chi connectivity index (χ3v) is 5.71. The summed E-state index contributed by atoms with van der Waals surface area (Å²) in [5, 5.41) is 4.15. The van der Waals surface area contributed by atoms with Crippen LogP contribution in [-0.2, 0) is 0 Å². The van der Waals surface area contributed by atoms with Gasteiger partial charge in [0.2, 0.25) is 5.95 Å². The smallest absolute Gasteiger partial charge is 0.240 e. The monoisotopic (exact) mass is 421 g/mol. The molecular formula is C22H31N9. The van der Waals surface area contributed by atoms with Gasteiger partial charge in [0.15, 0.2) is 11.5 Å². The lowest BCUT2D eigenvalue weighted by molar-refractivity contribution is 0.359. The topological polar surface area (TPSA) is 116 Å². The van der Waals surface area contributed by atoms with Gasteiger partial charge < -0.3 is 20.9 Å². The first-order valence-electron chi connectivity index (χ1n) is 10.9. The van der Waals surface area contributed by atoms with Crippen LogP contribution >= 0.6 is 0 Å². The van der Waals surface area contributed by atoms with Crippen molar-refractivity contribution in [2.45, 2.75) is 46.6 Å². The summed E-state index contributed by atoms with van der Waals surface area (Å²) in [4.78, 5) is 15.9. The molecule has 1 saturated heterocycles. The number of hydrogen-bond donors (Lipinski definition) is 2. The van der Waals surface area contributed by atoms with Gasteiger partial charge in [-0.15, -0.1) is 5.10 Å². The van der Waals surface area contributed by atoms with Crippen LogP contribution in [-0.4, -0.2) is 53.7 Å². The third kappa shape index (κ3) is 4.05. The van der Waals surface area contributed by atoms with E-state index < -0.39 is 0 Å². The van der Waals surface area contributed by atoms with E-state index in [4.69, 9.17) is 16.5 Å². The van der Waals surface area contributed by atoms with E-state index in [0.29, 0.717) is 11.3 Å². The van der Waals surface area contributed by atoms with Gasteiger partial charge in [0.05, 0.1) is 5.69 Å². The molecule has 4 aromatic rings. The summed E-state index contributed by atoms with van der Waals surface area (Å²) in [6, 6.07) is 6.10. The molecule has 5 heterocycles. The Morgan fingerprint density at radius 1 is 1.03 bits per heavy atom. The molecule has 4 N–H and O–H groups in total. The van der Waals surface area contributed by atoms with Crippen LogP contribution in [0.25, 0.3) is 27.9 Å². The Hall–Kier alpha value is -3.20. The van der Waals surface area contributed by atoms with Crippen LogP contribution in [0.2, 0.25) is 0 Å². The van der Waals surface area contributed by atoms with Crippen molar-refractivity contribution >= 4 is 28.4 Å². The quantitative estimate of drug-likeness (QED) is 0.521. The second kappa shape index (κ2) is 8.50. The average molecular weight is 422 g/mol. The number of hydrogen-bond acceptors (Lipinski definition) is 7. The van der Waals surface area contributed by atoms with Crippen LogP contribution in [0.3, 0.4) is 0 Å². The molecule has 1 aliphatic rings. The summed E-state index contributed by atoms with van der Waals surface area (Å²) in [5.41, 5.74) is 15.8. The molecule has 1 aliphatic heterocycles. The van der Waals surface area contributed by atoms with E-state index in [9.17, 15) is 0 Å². The zero-order valence-corrected chi connectivity index (χ0v) is 18.7. The van der Waals surface area contributed by atoms with E-state index in [1.54, 1.807) is 10.7 Å². The SMILES string of the molecule is CCN1CCCC1.Cc1nc2ccc(-c3ccn4nc(N)nc(N)c34)nc2n1C(C)C. The van der Waals surface area contributed by atoms with Crippen molar-refractivity contribution in [3.05, 3.63) is 30.2 Å². The number of rotatable bonds is 3. The van der Waals surface area contributed by atoms with Gasteiger partial charge in [0.1, 0.15) is 16.9 Å². The van der Waals surface area contributed by atoms with Crippen LogP contribution in [0.4, 0.5) is 11.8 Å². The van der Waals surface area contributed by atoms with Crippen molar-refractivity contribution in [1.82, 2.24) is 34.0 Å². The highest BCUT2D eigenvalue weighted by molar-refractivity contribution is 5.88. The van der Waals surface area contributed by atoms with Crippen LogP contribution in [0.5, 0.6) is 0 Å². The van der Waals surface area contributed by atoms with E-state index >= 15 is 0 Å².